The lowest BCUT2D eigenvalue weighted by atomic mass is 9.42. The number of carbonyl (C=O) groups is 2. The van der Waals surface area contributed by atoms with Crippen molar-refractivity contribution in [1.29, 1.82) is 0 Å². The summed E-state index contributed by atoms with van der Waals surface area (Å²) in [6, 6.07) is 0. The fourth-order valence-corrected chi connectivity index (χ4v) is 14.3. The average Bonchev–Trinajstić information content (AvgIpc) is 3.55. The summed E-state index contributed by atoms with van der Waals surface area (Å²) in [5.41, 5.74) is -6.76. The molecule has 406 valence electrons. The number of aliphatic hydroxyl groups excluding tert-OH is 2. The quantitative estimate of drug-likeness (QED) is 0.124. The number of Topliss-reactive ketones (excluding diaryl/α,β-unsaturated/α-hetero) is 1. The maximum absolute atomic E-state index is 13.1. The second-order valence-electron chi connectivity index (χ2n) is 22.2. The maximum Gasteiger partial charge on any atom is 0.302 e. The molecule has 71 heavy (non-hydrogen) atoms. The molecule has 0 aromatic carbocycles. The number of carbonyl (C=O) groups excluding carboxylic acids is 2. The predicted octanol–water partition coefficient (Wildman–Crippen LogP) is 2.51. The van der Waals surface area contributed by atoms with Gasteiger partial charge in [0.15, 0.2) is 30.9 Å². The number of hydrogen-bond donors (Lipinski definition) is 5. The van der Waals surface area contributed by atoms with E-state index in [2.05, 4.69) is 6.92 Å². The third-order valence-corrected chi connectivity index (χ3v) is 18.5. The van der Waals surface area contributed by atoms with Crippen LogP contribution in [0, 0.1) is 16.7 Å². The van der Waals surface area contributed by atoms with Crippen LogP contribution in [0.15, 0.2) is 11.6 Å². The Morgan fingerprint density at radius 1 is 0.634 bits per heavy atom. The maximum atomic E-state index is 13.1. The SMILES string of the molecule is CO[C@H]1[C@@H](O)[C@@H](C)O[C@@H](O[C@@H]2[C@@H](C)O[C@@H](O[C@H]3[C@@H](OC)C[C@H](O[C@H]4[C@@H](OC)C[C@H](O[C@H]5CC[C@@]6(C)C(=CC[C@]7(O)[C@@H]6C[C@@H](OC(C)=O)[C@@]6(C)[C@]7(O)CC[C@]6(O)C(C)=O)C5)O[C@@H]4C)O[C@@H]3C)C[C@H]2OC)[C@@H]1O. The summed E-state index contributed by atoms with van der Waals surface area (Å²) in [5, 5.41) is 58.7. The first kappa shape index (κ1) is 55.4. The van der Waals surface area contributed by atoms with Gasteiger partial charge < -0.3 is 87.1 Å². The minimum absolute atomic E-state index is 0.0236. The lowest BCUT2D eigenvalue weighted by Crippen LogP contribution is -2.78. The summed E-state index contributed by atoms with van der Waals surface area (Å²) in [6.45, 7) is 13.6. The first-order valence-electron chi connectivity index (χ1n) is 25.7. The van der Waals surface area contributed by atoms with Gasteiger partial charge in [0.2, 0.25) is 0 Å². The summed E-state index contributed by atoms with van der Waals surface area (Å²) < 4.78 is 80.4. The number of esters is 1. The highest BCUT2D eigenvalue weighted by Gasteiger charge is 2.81. The molecule has 5 N–H and O–H groups in total. The summed E-state index contributed by atoms with van der Waals surface area (Å²) in [4.78, 5) is 25.6. The summed E-state index contributed by atoms with van der Waals surface area (Å²) >= 11 is 0. The van der Waals surface area contributed by atoms with Gasteiger partial charge in [-0.3, -0.25) is 9.59 Å². The van der Waals surface area contributed by atoms with Crippen LogP contribution in [0.2, 0.25) is 0 Å². The van der Waals surface area contributed by atoms with E-state index in [-0.39, 0.29) is 31.8 Å². The Bertz CT molecular complexity index is 1920. The van der Waals surface area contributed by atoms with Gasteiger partial charge in [-0.25, -0.2) is 0 Å². The van der Waals surface area contributed by atoms with Crippen LogP contribution in [0.25, 0.3) is 0 Å². The summed E-state index contributed by atoms with van der Waals surface area (Å²) in [6.07, 6.45) is -7.59. The van der Waals surface area contributed by atoms with E-state index in [1.807, 2.05) is 26.8 Å². The molecule has 8 aliphatic rings. The van der Waals surface area contributed by atoms with Crippen molar-refractivity contribution in [2.45, 2.75) is 253 Å². The van der Waals surface area contributed by atoms with Crippen molar-refractivity contribution >= 4 is 11.8 Å². The highest BCUT2D eigenvalue weighted by atomic mass is 16.8. The van der Waals surface area contributed by atoms with Gasteiger partial charge in [0.25, 0.3) is 0 Å². The second kappa shape index (κ2) is 21.0. The van der Waals surface area contributed by atoms with Crippen LogP contribution in [-0.4, -0.2) is 199 Å². The smallest absolute Gasteiger partial charge is 0.302 e. The summed E-state index contributed by atoms with van der Waals surface area (Å²) in [5.74, 6) is -1.66. The molecule has 20 heteroatoms. The van der Waals surface area contributed by atoms with Gasteiger partial charge in [-0.2, -0.15) is 0 Å². The number of hydrogen-bond acceptors (Lipinski definition) is 20. The van der Waals surface area contributed by atoms with E-state index in [4.69, 9.17) is 61.6 Å². The van der Waals surface area contributed by atoms with Crippen LogP contribution in [0.5, 0.6) is 0 Å². The highest BCUT2D eigenvalue weighted by Crippen LogP contribution is 2.71. The van der Waals surface area contributed by atoms with E-state index in [9.17, 15) is 35.1 Å². The zero-order chi connectivity index (χ0) is 51.7. The number of ether oxygens (including phenoxy) is 13. The molecule has 0 bridgehead atoms. The molecule has 4 heterocycles. The van der Waals surface area contributed by atoms with Gasteiger partial charge in [0, 0.05) is 60.5 Å². The van der Waals surface area contributed by atoms with Gasteiger partial charge in [0.1, 0.15) is 59.5 Å². The Morgan fingerprint density at radius 3 is 1.65 bits per heavy atom. The minimum atomic E-state index is -1.99. The zero-order valence-electron chi connectivity index (χ0n) is 43.6. The van der Waals surface area contributed by atoms with Crippen molar-refractivity contribution in [3.63, 3.8) is 0 Å². The topological polar surface area (TPSA) is 255 Å². The first-order valence-corrected chi connectivity index (χ1v) is 25.7. The lowest BCUT2D eigenvalue weighted by Gasteiger charge is -2.67. The molecule has 8 rings (SSSR count). The fourth-order valence-electron chi connectivity index (χ4n) is 14.3. The normalized spacial score (nSPS) is 52.2. The van der Waals surface area contributed by atoms with Crippen LogP contribution in [0.4, 0.5) is 0 Å². The molecular weight excluding hydrogens is 933 g/mol. The largest absolute Gasteiger partial charge is 0.462 e. The molecule has 4 aliphatic carbocycles. The molecule has 25 atom stereocenters. The average molecular weight is 1020 g/mol. The van der Waals surface area contributed by atoms with Crippen molar-refractivity contribution in [2.24, 2.45) is 16.7 Å². The molecule has 7 fully saturated rings. The third-order valence-electron chi connectivity index (χ3n) is 18.5. The predicted molar refractivity (Wildman–Crippen MR) is 247 cm³/mol. The standard InChI is InChI=1S/C51H82O20/c1-24-40(54)45(62-12)41(55)46(66-24)71-44-27(4)65-39(22-34(44)61-11)70-43-26(3)64-38(21-33(43)60-10)69-42-25(2)63-37(20-32(42)59-9)68-31-14-15-47(7)30(19-31)13-16-50(57)35(47)23-36(67-29(6)53)48(8)49(56,28(5)52)17-18-51(48,50)58/h13,24-27,31-46,54-58H,14-23H2,1-12H3/t24-,25-,26-,27-,31+,32+,33+,34-,35-,36-,37+,38+,39+,40+,41-,42-,43-,44-,45+,46+,47+,48-,49+,50+,51-/m1/s1. The second-order valence-corrected chi connectivity index (χ2v) is 22.2. The molecule has 0 aromatic rings. The number of rotatable bonds is 14. The molecule has 0 spiro atoms. The van der Waals surface area contributed by atoms with Crippen LogP contribution < -0.4 is 0 Å². The van der Waals surface area contributed by atoms with Crippen LogP contribution in [-0.2, 0) is 71.2 Å². The Labute approximate surface area is 417 Å². The third kappa shape index (κ3) is 9.41. The monoisotopic (exact) mass is 1010 g/mol. The van der Waals surface area contributed by atoms with E-state index in [0.717, 1.165) is 5.57 Å². The Kier molecular flexibility index (Phi) is 16.4. The van der Waals surface area contributed by atoms with E-state index >= 15 is 0 Å². The van der Waals surface area contributed by atoms with E-state index in [1.54, 1.807) is 35.2 Å². The molecular formula is C51H82O20. The Balaban J connectivity index is 0.863. The molecule has 0 unspecified atom stereocenters. The first-order chi connectivity index (χ1) is 33.4. The fraction of sp³-hybridized carbons (Fsp3) is 0.922. The molecule has 0 aromatic heterocycles. The van der Waals surface area contributed by atoms with Gasteiger partial charge >= 0.3 is 5.97 Å². The van der Waals surface area contributed by atoms with Crippen LogP contribution in [0.1, 0.15) is 120 Å². The number of aliphatic hydroxyl groups is 5. The van der Waals surface area contributed by atoms with Crippen molar-refractivity contribution < 1.29 is 96.7 Å². The Morgan fingerprint density at radius 2 is 1.15 bits per heavy atom. The summed E-state index contributed by atoms with van der Waals surface area (Å²) in [7, 11) is 6.24. The van der Waals surface area contributed by atoms with E-state index in [0.29, 0.717) is 38.5 Å². The van der Waals surface area contributed by atoms with Gasteiger partial charge in [-0.05, 0) is 91.9 Å². The van der Waals surface area contributed by atoms with Crippen molar-refractivity contribution in [3.05, 3.63) is 11.6 Å². The van der Waals surface area contributed by atoms with E-state index < -0.39 is 156 Å². The number of ketones is 1. The molecule has 20 nitrogen and oxygen atoms in total. The Hall–Kier alpha value is -1.80. The highest BCUT2D eigenvalue weighted by molar-refractivity contribution is 5.87. The van der Waals surface area contributed by atoms with E-state index in [1.165, 1.54) is 21.0 Å². The molecule has 3 saturated carbocycles. The number of methoxy groups -OCH3 is 4. The molecule has 0 radical (unpaired) electrons. The molecule has 0 amide bonds. The van der Waals surface area contributed by atoms with Crippen molar-refractivity contribution in [3.8, 4) is 0 Å². The van der Waals surface area contributed by atoms with Gasteiger partial charge in [-0.1, -0.05) is 18.6 Å². The van der Waals surface area contributed by atoms with Crippen molar-refractivity contribution in [1.82, 2.24) is 0 Å². The molecule has 4 saturated heterocycles. The minimum Gasteiger partial charge on any atom is -0.462 e. The number of fused-ring (bicyclic) bond motifs is 5. The van der Waals surface area contributed by atoms with Gasteiger partial charge in [-0.15, -0.1) is 0 Å². The van der Waals surface area contributed by atoms with Crippen LogP contribution in [0.3, 0.4) is 0 Å². The van der Waals surface area contributed by atoms with Crippen molar-refractivity contribution in [2.75, 3.05) is 28.4 Å². The van der Waals surface area contributed by atoms with Crippen LogP contribution >= 0.6 is 0 Å². The zero-order valence-corrected chi connectivity index (χ0v) is 43.6. The van der Waals surface area contributed by atoms with Gasteiger partial charge in [0.05, 0.1) is 54.2 Å². The molecule has 4 aliphatic heterocycles. The lowest BCUT2D eigenvalue weighted by molar-refractivity contribution is -0.356.